The number of allylic oxidation sites excluding steroid dienone is 1. The Bertz CT molecular complexity index is 169. The van der Waals surface area contributed by atoms with Crippen LogP contribution < -0.4 is 0 Å². The molecule has 0 fully saturated rings. The van der Waals surface area contributed by atoms with E-state index in [-0.39, 0.29) is 12.0 Å². The molecule has 0 saturated heterocycles. The molecular formula is C7H12O4. The Morgan fingerprint density at radius 1 is 1.36 bits per heavy atom. The highest BCUT2D eigenvalue weighted by Crippen LogP contribution is 2.07. The molecule has 0 aliphatic rings. The van der Waals surface area contributed by atoms with Crippen LogP contribution >= 0.6 is 0 Å². The molecular weight excluding hydrogens is 148 g/mol. The highest BCUT2D eigenvalue weighted by Gasteiger charge is 2.19. The summed E-state index contributed by atoms with van der Waals surface area (Å²) in [6, 6.07) is 0. The summed E-state index contributed by atoms with van der Waals surface area (Å²) in [5, 5.41) is 26.7. The molecule has 64 valence electrons. The third-order valence-corrected chi connectivity index (χ3v) is 1.26. The van der Waals surface area contributed by atoms with E-state index in [1.807, 2.05) is 0 Å². The third kappa shape index (κ3) is 2.69. The monoisotopic (exact) mass is 160 g/mol. The van der Waals surface area contributed by atoms with E-state index >= 15 is 0 Å². The van der Waals surface area contributed by atoms with Gasteiger partial charge in [-0.3, -0.25) is 0 Å². The molecule has 0 aliphatic carbocycles. The van der Waals surface area contributed by atoms with Gasteiger partial charge in [0.2, 0.25) is 0 Å². The Hall–Kier alpha value is -0.870. The molecule has 3 N–H and O–H groups in total. The second-order valence-electron chi connectivity index (χ2n) is 2.46. The molecule has 0 spiro atoms. The van der Waals surface area contributed by atoms with Gasteiger partial charge in [0.15, 0.2) is 6.29 Å². The van der Waals surface area contributed by atoms with Crippen molar-refractivity contribution in [2.75, 3.05) is 0 Å². The van der Waals surface area contributed by atoms with Crippen molar-refractivity contribution >= 4 is 6.29 Å². The van der Waals surface area contributed by atoms with Crippen LogP contribution in [0.1, 0.15) is 13.8 Å². The highest BCUT2D eigenvalue weighted by molar-refractivity contribution is 5.57. The van der Waals surface area contributed by atoms with Crippen LogP contribution in [-0.4, -0.2) is 33.8 Å². The average molecular weight is 160 g/mol. The molecule has 0 bridgehead atoms. The van der Waals surface area contributed by atoms with Gasteiger partial charge in [-0.1, -0.05) is 0 Å². The fraction of sp³-hybridized carbons (Fsp3) is 0.571. The SMILES string of the molecule is CC(C)=C(O)[C@@H](O)[C@H](O)C=O. The molecule has 0 aliphatic heterocycles. The summed E-state index contributed by atoms with van der Waals surface area (Å²) in [6.07, 6.45) is -2.88. The third-order valence-electron chi connectivity index (χ3n) is 1.26. The van der Waals surface area contributed by atoms with Crippen molar-refractivity contribution < 1.29 is 20.1 Å². The number of hydrogen-bond donors (Lipinski definition) is 3. The molecule has 0 saturated carbocycles. The molecule has 2 atom stereocenters. The van der Waals surface area contributed by atoms with Gasteiger partial charge in [0.25, 0.3) is 0 Å². The summed E-state index contributed by atoms with van der Waals surface area (Å²) < 4.78 is 0. The van der Waals surface area contributed by atoms with Crippen molar-refractivity contribution in [3.05, 3.63) is 11.3 Å². The second kappa shape index (κ2) is 4.10. The van der Waals surface area contributed by atoms with Crippen LogP contribution in [-0.2, 0) is 4.79 Å². The maximum absolute atomic E-state index is 9.93. The van der Waals surface area contributed by atoms with Gasteiger partial charge >= 0.3 is 0 Å². The number of carbonyl (C=O) groups excluding carboxylic acids is 1. The molecule has 0 heterocycles. The first kappa shape index (κ1) is 10.1. The molecule has 0 aromatic rings. The molecule has 0 radical (unpaired) electrons. The van der Waals surface area contributed by atoms with Crippen molar-refractivity contribution in [1.82, 2.24) is 0 Å². The number of aldehydes is 1. The molecule has 0 aromatic carbocycles. The van der Waals surface area contributed by atoms with E-state index in [1.54, 1.807) is 13.8 Å². The zero-order valence-corrected chi connectivity index (χ0v) is 6.48. The van der Waals surface area contributed by atoms with E-state index in [2.05, 4.69) is 0 Å². The number of aliphatic hydroxyl groups excluding tert-OH is 3. The van der Waals surface area contributed by atoms with E-state index in [1.165, 1.54) is 0 Å². The van der Waals surface area contributed by atoms with E-state index in [0.717, 1.165) is 0 Å². The largest absolute Gasteiger partial charge is 0.510 e. The topological polar surface area (TPSA) is 77.8 Å². The Balaban J connectivity index is 4.36. The summed E-state index contributed by atoms with van der Waals surface area (Å²) in [5.41, 5.74) is 0.471. The molecule has 4 heteroatoms. The van der Waals surface area contributed by atoms with Crippen LogP contribution in [0.15, 0.2) is 11.3 Å². The standard InChI is InChI=1S/C7H12O4/c1-4(2)6(10)7(11)5(9)3-8/h3,5,7,9-11H,1-2H3/t5-,7+/m1/s1. The lowest BCUT2D eigenvalue weighted by Gasteiger charge is -2.12. The van der Waals surface area contributed by atoms with Crippen molar-refractivity contribution in [1.29, 1.82) is 0 Å². The number of hydrogen-bond acceptors (Lipinski definition) is 4. The second-order valence-corrected chi connectivity index (χ2v) is 2.46. The van der Waals surface area contributed by atoms with Gasteiger partial charge in [0, 0.05) is 0 Å². The van der Waals surface area contributed by atoms with Gasteiger partial charge < -0.3 is 20.1 Å². The normalized spacial score (nSPS) is 15.3. The minimum absolute atomic E-state index is 0.170. The number of carbonyl (C=O) groups is 1. The Labute approximate surface area is 64.8 Å². The Morgan fingerprint density at radius 3 is 2.09 bits per heavy atom. The van der Waals surface area contributed by atoms with Crippen molar-refractivity contribution in [3.8, 4) is 0 Å². The summed E-state index contributed by atoms with van der Waals surface area (Å²) in [4.78, 5) is 9.93. The van der Waals surface area contributed by atoms with Crippen LogP contribution in [0.3, 0.4) is 0 Å². The molecule has 4 nitrogen and oxygen atoms in total. The lowest BCUT2D eigenvalue weighted by molar-refractivity contribution is -0.119. The molecule has 11 heavy (non-hydrogen) atoms. The van der Waals surface area contributed by atoms with Gasteiger partial charge in [-0.25, -0.2) is 0 Å². The van der Waals surface area contributed by atoms with Gasteiger partial charge in [-0.2, -0.15) is 0 Å². The van der Waals surface area contributed by atoms with Gasteiger partial charge in [0.05, 0.1) is 0 Å². The lowest BCUT2D eigenvalue weighted by Crippen LogP contribution is -2.29. The summed E-state index contributed by atoms with van der Waals surface area (Å²) in [6.45, 7) is 3.13. The first-order valence-corrected chi connectivity index (χ1v) is 3.18. The van der Waals surface area contributed by atoms with Gasteiger partial charge in [-0.15, -0.1) is 0 Å². The summed E-state index contributed by atoms with van der Waals surface area (Å²) in [7, 11) is 0. The summed E-state index contributed by atoms with van der Waals surface area (Å²) >= 11 is 0. The van der Waals surface area contributed by atoms with Crippen LogP contribution in [0.25, 0.3) is 0 Å². The maximum atomic E-state index is 9.93. The Kier molecular flexibility index (Phi) is 3.78. The van der Waals surface area contributed by atoms with E-state index < -0.39 is 12.2 Å². The smallest absolute Gasteiger partial charge is 0.151 e. The van der Waals surface area contributed by atoms with E-state index in [9.17, 15) is 4.79 Å². The van der Waals surface area contributed by atoms with Crippen molar-refractivity contribution in [2.24, 2.45) is 0 Å². The predicted molar refractivity (Wildman–Crippen MR) is 39.1 cm³/mol. The van der Waals surface area contributed by atoms with Crippen LogP contribution in [0, 0.1) is 0 Å². The molecule has 0 amide bonds. The minimum atomic E-state index is -1.55. The Morgan fingerprint density at radius 2 is 1.82 bits per heavy atom. The molecule has 0 aromatic heterocycles. The molecule has 0 unspecified atom stereocenters. The first-order valence-electron chi connectivity index (χ1n) is 3.18. The van der Waals surface area contributed by atoms with Crippen molar-refractivity contribution in [2.45, 2.75) is 26.1 Å². The van der Waals surface area contributed by atoms with Crippen LogP contribution in [0.4, 0.5) is 0 Å². The number of rotatable bonds is 3. The predicted octanol–water partition coefficient (Wildman–Crippen LogP) is -0.241. The first-order chi connectivity index (χ1) is 5.00. The van der Waals surface area contributed by atoms with Gasteiger partial charge in [0.1, 0.15) is 18.0 Å². The summed E-state index contributed by atoms with van der Waals surface area (Å²) in [5.74, 6) is -0.357. The van der Waals surface area contributed by atoms with Crippen LogP contribution in [0.2, 0.25) is 0 Å². The average Bonchev–Trinajstić information content (AvgIpc) is 2.00. The lowest BCUT2D eigenvalue weighted by atomic mass is 10.1. The van der Waals surface area contributed by atoms with Crippen LogP contribution in [0.5, 0.6) is 0 Å². The fourth-order valence-corrected chi connectivity index (χ4v) is 0.532. The minimum Gasteiger partial charge on any atom is -0.510 e. The zero-order chi connectivity index (χ0) is 9.02. The zero-order valence-electron chi connectivity index (χ0n) is 6.48. The maximum Gasteiger partial charge on any atom is 0.151 e. The fourth-order valence-electron chi connectivity index (χ4n) is 0.532. The quantitative estimate of drug-likeness (QED) is 0.393. The van der Waals surface area contributed by atoms with Crippen molar-refractivity contribution in [3.63, 3.8) is 0 Å². The van der Waals surface area contributed by atoms with E-state index in [0.29, 0.717) is 5.57 Å². The van der Waals surface area contributed by atoms with Gasteiger partial charge in [-0.05, 0) is 19.4 Å². The number of aliphatic hydroxyl groups is 3. The van der Waals surface area contributed by atoms with E-state index in [4.69, 9.17) is 15.3 Å². The highest BCUT2D eigenvalue weighted by atomic mass is 16.4. The molecule has 0 rings (SSSR count).